The van der Waals surface area contributed by atoms with Crippen LogP contribution in [0.25, 0.3) is 0 Å². The van der Waals surface area contributed by atoms with Crippen LogP contribution in [0.15, 0.2) is 40.7 Å². The van der Waals surface area contributed by atoms with Crippen molar-refractivity contribution in [3.05, 3.63) is 51.0 Å². The van der Waals surface area contributed by atoms with Crippen molar-refractivity contribution >= 4 is 45.6 Å². The van der Waals surface area contributed by atoms with E-state index in [4.69, 9.17) is 27.6 Å². The summed E-state index contributed by atoms with van der Waals surface area (Å²) in [7, 11) is 0. The highest BCUT2D eigenvalue weighted by Crippen LogP contribution is 2.35. The Kier molecular flexibility index (Phi) is 6.80. The van der Waals surface area contributed by atoms with E-state index in [1.54, 1.807) is 6.20 Å². The SMILES string of the molecule is Cc1ccc(Cl)cc1N1CC2=C(CN(c3ncc(C(=N)N=N)s3)C2)C1.NCC(=O)O. The van der Waals surface area contributed by atoms with Crippen molar-refractivity contribution in [2.45, 2.75) is 6.92 Å². The topological polar surface area (TPSA) is 143 Å². The largest absolute Gasteiger partial charge is 0.480 e. The number of nitrogens with zero attached hydrogens (tertiary/aromatic N) is 4. The van der Waals surface area contributed by atoms with Gasteiger partial charge >= 0.3 is 5.97 Å². The Morgan fingerprint density at radius 3 is 2.47 bits per heavy atom. The van der Waals surface area contributed by atoms with Crippen LogP contribution in [0.5, 0.6) is 0 Å². The number of carboxylic acid groups (broad SMARTS) is 1. The number of nitrogens with one attached hydrogen (secondary N) is 2. The van der Waals surface area contributed by atoms with E-state index in [2.05, 4.69) is 38.6 Å². The molecule has 11 heteroatoms. The highest BCUT2D eigenvalue weighted by molar-refractivity contribution is 7.17. The van der Waals surface area contributed by atoms with Crippen molar-refractivity contribution in [3.63, 3.8) is 0 Å². The average Bonchev–Trinajstić information content (AvgIpc) is 3.43. The molecular weight excluding hydrogens is 426 g/mol. The number of rotatable bonds is 4. The number of carbonyl (C=O) groups is 1. The van der Waals surface area contributed by atoms with Crippen molar-refractivity contribution in [2.24, 2.45) is 10.8 Å². The van der Waals surface area contributed by atoms with E-state index in [-0.39, 0.29) is 12.4 Å². The Balaban J connectivity index is 0.000000461. The molecular formula is C19H22ClN7O2S. The van der Waals surface area contributed by atoms with Gasteiger partial charge in [0.2, 0.25) is 0 Å². The van der Waals surface area contributed by atoms with Gasteiger partial charge in [0.25, 0.3) is 0 Å². The molecule has 2 aromatic rings. The molecule has 0 bridgehead atoms. The average molecular weight is 448 g/mol. The second kappa shape index (κ2) is 9.33. The van der Waals surface area contributed by atoms with Crippen LogP contribution in [-0.2, 0) is 4.79 Å². The minimum Gasteiger partial charge on any atom is -0.480 e. The summed E-state index contributed by atoms with van der Waals surface area (Å²) < 4.78 is 0. The van der Waals surface area contributed by atoms with E-state index < -0.39 is 5.97 Å². The van der Waals surface area contributed by atoms with Gasteiger partial charge in [-0.3, -0.25) is 10.2 Å². The van der Waals surface area contributed by atoms with Crippen LogP contribution in [0.2, 0.25) is 5.02 Å². The third kappa shape index (κ3) is 4.84. The third-order valence-electron chi connectivity index (χ3n) is 4.82. The number of aliphatic carboxylic acids is 1. The molecule has 4 rings (SSSR count). The summed E-state index contributed by atoms with van der Waals surface area (Å²) >= 11 is 7.59. The Morgan fingerprint density at radius 2 is 1.90 bits per heavy atom. The molecule has 9 nitrogen and oxygen atoms in total. The molecule has 2 aliphatic rings. The summed E-state index contributed by atoms with van der Waals surface area (Å²) in [6.45, 7) is 5.41. The Bertz CT molecular complexity index is 1000. The standard InChI is InChI=1S/C17H17ClN6S.C2H5NO2/c1-10-2-3-13(18)4-14(10)23-6-11-8-24(9-12(11)7-23)17-21-5-15(25-17)16(19)22-20;3-1-2(4)5/h2-5,19-20H,6-9H2,1H3;1,3H2,(H,4,5). The second-order valence-corrected chi connectivity index (χ2v) is 8.36. The maximum absolute atomic E-state index is 9.24. The maximum Gasteiger partial charge on any atom is 0.317 e. The Labute approximate surface area is 182 Å². The number of halogens is 1. The summed E-state index contributed by atoms with van der Waals surface area (Å²) in [5.41, 5.74) is 16.8. The summed E-state index contributed by atoms with van der Waals surface area (Å²) in [5.74, 6) is -1.00. The van der Waals surface area contributed by atoms with Crippen LogP contribution in [-0.4, -0.2) is 54.6 Å². The van der Waals surface area contributed by atoms with Gasteiger partial charge in [-0.05, 0) is 35.8 Å². The lowest BCUT2D eigenvalue weighted by molar-refractivity contribution is -0.135. The zero-order valence-electron chi connectivity index (χ0n) is 16.4. The summed E-state index contributed by atoms with van der Waals surface area (Å²) in [5, 5.41) is 20.0. The number of aromatic nitrogens is 1. The number of hydrogen-bond acceptors (Lipinski definition) is 8. The quantitative estimate of drug-likeness (QED) is 0.245. The highest BCUT2D eigenvalue weighted by Gasteiger charge is 2.31. The first-order valence-corrected chi connectivity index (χ1v) is 10.3. The minimum atomic E-state index is -0.968. The van der Waals surface area contributed by atoms with Crippen molar-refractivity contribution in [1.29, 1.82) is 10.9 Å². The number of carboxylic acids is 1. The predicted molar refractivity (Wildman–Crippen MR) is 118 cm³/mol. The first-order valence-electron chi connectivity index (χ1n) is 9.12. The summed E-state index contributed by atoms with van der Waals surface area (Å²) in [6.07, 6.45) is 1.63. The van der Waals surface area contributed by atoms with Gasteiger partial charge in [0.05, 0.1) is 17.6 Å². The zero-order chi connectivity index (χ0) is 21.8. The fraction of sp³-hybridized carbons (Fsp3) is 0.316. The number of nitrogens with two attached hydrogens (primary N) is 1. The molecule has 0 amide bonds. The smallest absolute Gasteiger partial charge is 0.317 e. The van der Waals surface area contributed by atoms with Gasteiger partial charge in [0.1, 0.15) is 0 Å². The van der Waals surface area contributed by atoms with Crippen LogP contribution < -0.4 is 15.5 Å². The predicted octanol–water partition coefficient (Wildman–Crippen LogP) is 3.13. The highest BCUT2D eigenvalue weighted by atomic mass is 35.5. The van der Waals surface area contributed by atoms with E-state index in [9.17, 15) is 4.79 Å². The van der Waals surface area contributed by atoms with Crippen molar-refractivity contribution in [1.82, 2.24) is 4.98 Å². The molecule has 0 spiro atoms. The molecule has 0 radical (unpaired) electrons. The van der Waals surface area contributed by atoms with Gasteiger partial charge in [0.15, 0.2) is 11.0 Å². The van der Waals surface area contributed by atoms with Crippen molar-refractivity contribution < 1.29 is 9.90 Å². The lowest BCUT2D eigenvalue weighted by Crippen LogP contribution is -2.30. The van der Waals surface area contributed by atoms with Gasteiger partial charge in [-0.1, -0.05) is 29.0 Å². The number of aryl methyl sites for hydroxylation is 1. The number of benzene rings is 1. The number of amidine groups is 1. The molecule has 158 valence electrons. The number of thiazole rings is 1. The molecule has 2 aliphatic heterocycles. The van der Waals surface area contributed by atoms with E-state index in [0.717, 1.165) is 36.3 Å². The lowest BCUT2D eigenvalue weighted by atomic mass is 10.2. The molecule has 30 heavy (non-hydrogen) atoms. The molecule has 1 aromatic carbocycles. The summed E-state index contributed by atoms with van der Waals surface area (Å²) in [6, 6.07) is 6.04. The van der Waals surface area contributed by atoms with Crippen LogP contribution in [0.1, 0.15) is 10.4 Å². The maximum atomic E-state index is 9.24. The second-order valence-electron chi connectivity index (χ2n) is 6.92. The molecule has 5 N–H and O–H groups in total. The fourth-order valence-electron chi connectivity index (χ4n) is 3.39. The molecule has 0 saturated heterocycles. The first kappa shape index (κ1) is 21.9. The van der Waals surface area contributed by atoms with E-state index in [0.29, 0.717) is 4.88 Å². The molecule has 3 heterocycles. The van der Waals surface area contributed by atoms with Crippen LogP contribution in [0.3, 0.4) is 0 Å². The normalized spacial score (nSPS) is 15.0. The number of hydrogen-bond donors (Lipinski definition) is 4. The Hall–Kier alpha value is -2.82. The van der Waals surface area contributed by atoms with Gasteiger partial charge < -0.3 is 20.6 Å². The Morgan fingerprint density at radius 1 is 1.30 bits per heavy atom. The van der Waals surface area contributed by atoms with E-state index in [1.807, 2.05) is 12.1 Å². The molecule has 0 saturated carbocycles. The van der Waals surface area contributed by atoms with Crippen molar-refractivity contribution in [3.8, 4) is 0 Å². The molecule has 0 atom stereocenters. The first-order chi connectivity index (χ1) is 14.3. The minimum absolute atomic E-state index is 0.0361. The molecule has 1 aromatic heterocycles. The molecule has 0 unspecified atom stereocenters. The summed E-state index contributed by atoms with van der Waals surface area (Å²) in [4.78, 5) is 18.9. The van der Waals surface area contributed by atoms with E-state index >= 15 is 0 Å². The van der Waals surface area contributed by atoms with Gasteiger partial charge in [-0.25, -0.2) is 10.5 Å². The van der Waals surface area contributed by atoms with E-state index in [1.165, 1.54) is 33.7 Å². The van der Waals surface area contributed by atoms with Gasteiger partial charge in [0, 0.05) is 36.9 Å². The number of anilines is 2. The molecule has 0 fully saturated rings. The fourth-order valence-corrected chi connectivity index (χ4v) is 4.36. The molecule has 0 aliphatic carbocycles. The van der Waals surface area contributed by atoms with Crippen LogP contribution in [0.4, 0.5) is 10.8 Å². The van der Waals surface area contributed by atoms with Gasteiger partial charge in [-0.2, -0.15) is 0 Å². The lowest BCUT2D eigenvalue weighted by Gasteiger charge is -2.25. The third-order valence-corrected chi connectivity index (χ3v) is 6.12. The van der Waals surface area contributed by atoms with Gasteiger partial charge in [-0.15, -0.1) is 5.11 Å². The van der Waals surface area contributed by atoms with Crippen molar-refractivity contribution in [2.75, 3.05) is 42.5 Å². The van der Waals surface area contributed by atoms with Crippen LogP contribution in [0, 0.1) is 17.9 Å². The van der Waals surface area contributed by atoms with Crippen LogP contribution >= 0.6 is 22.9 Å². The monoisotopic (exact) mass is 447 g/mol. The zero-order valence-corrected chi connectivity index (χ0v) is 17.9.